The van der Waals surface area contributed by atoms with Gasteiger partial charge in [-0.05, 0) is 18.6 Å². The number of carbonyl (C=O) groups excluding carboxylic acids is 1. The van der Waals surface area contributed by atoms with E-state index in [0.29, 0.717) is 23.2 Å². The van der Waals surface area contributed by atoms with Crippen LogP contribution < -0.4 is 11.2 Å². The highest BCUT2D eigenvalue weighted by Gasteiger charge is 2.59. The number of hydrogen-bond acceptors (Lipinski definition) is 5. The zero-order valence-electron chi connectivity index (χ0n) is 16.4. The van der Waals surface area contributed by atoms with Crippen molar-refractivity contribution in [3.8, 4) is 0 Å². The number of nitrogen functional groups attached to an aromatic ring is 1. The third-order valence-electron chi connectivity index (χ3n) is 6.67. The van der Waals surface area contributed by atoms with Crippen molar-refractivity contribution in [3.63, 3.8) is 0 Å². The van der Waals surface area contributed by atoms with Crippen LogP contribution >= 0.6 is 0 Å². The summed E-state index contributed by atoms with van der Waals surface area (Å²) in [6, 6.07) is 7.70. The lowest BCUT2D eigenvalue weighted by Gasteiger charge is -2.60. The molecule has 27 heavy (non-hydrogen) atoms. The maximum Gasteiger partial charge on any atom is 0.273 e. The molecule has 3 fully saturated rings. The van der Waals surface area contributed by atoms with Gasteiger partial charge in [-0.3, -0.25) is 14.6 Å². The van der Waals surface area contributed by atoms with E-state index in [2.05, 4.69) is 29.1 Å². The Morgan fingerprint density at radius 2 is 2.15 bits per heavy atom. The highest BCUT2D eigenvalue weighted by atomic mass is 16.2. The number of hydrazone groups is 1. The van der Waals surface area contributed by atoms with Crippen LogP contribution in [0.3, 0.4) is 0 Å². The van der Waals surface area contributed by atoms with Gasteiger partial charge in [-0.15, -0.1) is 0 Å². The summed E-state index contributed by atoms with van der Waals surface area (Å²) in [5.74, 6) is 0.127. The van der Waals surface area contributed by atoms with E-state index >= 15 is 0 Å². The number of anilines is 1. The molecule has 4 rings (SSSR count). The molecule has 3 heterocycles. The van der Waals surface area contributed by atoms with Crippen molar-refractivity contribution in [1.29, 1.82) is 0 Å². The van der Waals surface area contributed by atoms with E-state index in [0.717, 1.165) is 39.1 Å². The van der Waals surface area contributed by atoms with E-state index < -0.39 is 0 Å². The molecule has 0 radical (unpaired) electrons. The molecule has 0 aromatic heterocycles. The molecule has 3 aliphatic rings. The molecule has 2 bridgehead atoms. The summed E-state index contributed by atoms with van der Waals surface area (Å²) in [4.78, 5) is 17.8. The first-order chi connectivity index (χ1) is 13.0. The third kappa shape index (κ3) is 3.15. The van der Waals surface area contributed by atoms with Gasteiger partial charge in [0.2, 0.25) is 0 Å². The number of para-hydroxylation sites is 1. The Hall–Kier alpha value is -1.92. The molecule has 1 amide bonds. The van der Waals surface area contributed by atoms with Gasteiger partial charge in [0.15, 0.2) is 0 Å². The lowest BCUT2D eigenvalue weighted by Crippen LogP contribution is -2.72. The summed E-state index contributed by atoms with van der Waals surface area (Å²) in [6.07, 6.45) is 3.55. The van der Waals surface area contributed by atoms with Gasteiger partial charge in [0, 0.05) is 55.8 Å². The maximum atomic E-state index is 12.6. The van der Waals surface area contributed by atoms with E-state index in [1.165, 1.54) is 18.6 Å². The second-order valence-corrected chi connectivity index (χ2v) is 8.43. The van der Waals surface area contributed by atoms with E-state index in [-0.39, 0.29) is 11.3 Å². The van der Waals surface area contributed by atoms with Crippen LogP contribution in [0.2, 0.25) is 0 Å². The minimum absolute atomic E-state index is 0.111. The average molecular weight is 370 g/mol. The second-order valence-electron chi connectivity index (χ2n) is 8.43. The van der Waals surface area contributed by atoms with Crippen molar-refractivity contribution < 1.29 is 4.79 Å². The van der Waals surface area contributed by atoms with Crippen LogP contribution in [-0.4, -0.2) is 60.2 Å². The van der Waals surface area contributed by atoms with Crippen molar-refractivity contribution in [3.05, 3.63) is 29.8 Å². The maximum absolute atomic E-state index is 12.6. The van der Waals surface area contributed by atoms with E-state index in [9.17, 15) is 4.79 Å². The number of nitrogens with zero attached hydrogens (tertiary/aromatic N) is 3. The monoisotopic (exact) mass is 369 g/mol. The fourth-order valence-electron chi connectivity index (χ4n) is 5.29. The fourth-order valence-corrected chi connectivity index (χ4v) is 5.29. The van der Waals surface area contributed by atoms with E-state index in [1.807, 2.05) is 12.1 Å². The molecule has 3 aliphatic heterocycles. The Kier molecular flexibility index (Phi) is 4.95. The molecule has 6 heteroatoms. The van der Waals surface area contributed by atoms with E-state index in [4.69, 9.17) is 10.8 Å². The van der Waals surface area contributed by atoms with Crippen LogP contribution in [0.15, 0.2) is 29.4 Å². The van der Waals surface area contributed by atoms with Crippen LogP contribution in [-0.2, 0) is 0 Å². The molecule has 6 nitrogen and oxygen atoms in total. The van der Waals surface area contributed by atoms with Gasteiger partial charge >= 0.3 is 0 Å². The minimum Gasteiger partial charge on any atom is -0.398 e. The first-order valence-corrected chi connectivity index (χ1v) is 10.2. The Balaban J connectivity index is 1.62. The fraction of sp³-hybridized carbons (Fsp3) is 0.619. The smallest absolute Gasteiger partial charge is 0.273 e. The summed E-state index contributed by atoms with van der Waals surface area (Å²) >= 11 is 0. The van der Waals surface area contributed by atoms with Gasteiger partial charge in [0.1, 0.15) is 0 Å². The molecule has 0 aliphatic carbocycles. The number of benzene rings is 1. The summed E-state index contributed by atoms with van der Waals surface area (Å²) in [6.45, 7) is 10.1. The SMILES string of the molecule is CCCCC12CN3CCN(CC(C)/C1=N/NC(=O)c1ccccc1N)CC32. The van der Waals surface area contributed by atoms with Gasteiger partial charge in [-0.2, -0.15) is 5.10 Å². The van der Waals surface area contributed by atoms with Crippen LogP contribution in [0, 0.1) is 11.3 Å². The largest absolute Gasteiger partial charge is 0.398 e. The number of carbonyl (C=O) groups is 1. The van der Waals surface area contributed by atoms with Gasteiger partial charge in [0.05, 0.1) is 11.3 Å². The minimum atomic E-state index is -0.220. The molecule has 1 aromatic rings. The van der Waals surface area contributed by atoms with Crippen LogP contribution in [0.1, 0.15) is 43.5 Å². The molecule has 3 saturated heterocycles. The highest BCUT2D eigenvalue weighted by Crippen LogP contribution is 2.48. The molecule has 4 atom stereocenters. The number of nitrogens with two attached hydrogens (primary N) is 1. The summed E-state index contributed by atoms with van der Waals surface area (Å²) in [5, 5.41) is 4.75. The number of fused-ring (bicyclic) bond motifs is 1. The third-order valence-corrected chi connectivity index (χ3v) is 6.67. The molecular weight excluding hydrogens is 338 g/mol. The zero-order chi connectivity index (χ0) is 19.0. The van der Waals surface area contributed by atoms with Crippen molar-refractivity contribution in [2.75, 3.05) is 38.5 Å². The lowest BCUT2D eigenvalue weighted by atomic mass is 9.63. The molecule has 0 saturated carbocycles. The van der Waals surface area contributed by atoms with Gasteiger partial charge in [-0.25, -0.2) is 5.43 Å². The van der Waals surface area contributed by atoms with Crippen molar-refractivity contribution in [2.45, 2.75) is 39.2 Å². The number of amides is 1. The first kappa shape index (κ1) is 18.4. The molecular formula is C21H31N5O. The van der Waals surface area contributed by atoms with Crippen molar-refractivity contribution in [1.82, 2.24) is 15.2 Å². The Morgan fingerprint density at radius 1 is 1.33 bits per heavy atom. The number of piperazine rings is 1. The molecule has 1 aromatic carbocycles. The van der Waals surface area contributed by atoms with Gasteiger partial charge in [0.25, 0.3) is 5.91 Å². The molecule has 3 N–H and O–H groups in total. The average Bonchev–Trinajstić information content (AvgIpc) is 2.68. The normalized spacial score (nSPS) is 34.0. The van der Waals surface area contributed by atoms with Crippen LogP contribution in [0.25, 0.3) is 0 Å². The van der Waals surface area contributed by atoms with Crippen LogP contribution in [0.5, 0.6) is 0 Å². The number of hydrogen-bond donors (Lipinski definition) is 2. The predicted molar refractivity (Wildman–Crippen MR) is 109 cm³/mol. The Bertz CT molecular complexity index is 744. The standard InChI is InChI=1S/C21H31N5O/c1-3-4-9-21-14-26-11-10-25(13-18(21)26)12-15(2)19(21)23-24-20(27)16-7-5-6-8-17(16)22/h5-8,15,18H,3-4,9-14,22H2,1-2H3,(H,24,27)/b23-19-. The quantitative estimate of drug-likeness (QED) is 0.616. The Labute approximate surface area is 161 Å². The van der Waals surface area contributed by atoms with Gasteiger partial charge in [-0.1, -0.05) is 38.8 Å². The second kappa shape index (κ2) is 7.24. The topological polar surface area (TPSA) is 74.0 Å². The van der Waals surface area contributed by atoms with E-state index in [1.54, 1.807) is 12.1 Å². The number of rotatable bonds is 5. The highest BCUT2D eigenvalue weighted by molar-refractivity contribution is 6.01. The number of nitrogens with one attached hydrogen (secondary N) is 1. The van der Waals surface area contributed by atoms with Crippen molar-refractivity contribution in [2.24, 2.45) is 16.4 Å². The van der Waals surface area contributed by atoms with Crippen molar-refractivity contribution >= 4 is 17.3 Å². The van der Waals surface area contributed by atoms with Crippen LogP contribution in [0.4, 0.5) is 5.69 Å². The molecule has 0 spiro atoms. The molecule has 146 valence electrons. The Morgan fingerprint density at radius 3 is 2.93 bits per heavy atom. The summed E-state index contributed by atoms with van der Waals surface area (Å²) in [5.41, 5.74) is 11.1. The summed E-state index contributed by atoms with van der Waals surface area (Å²) < 4.78 is 0. The lowest BCUT2D eigenvalue weighted by molar-refractivity contribution is -0.0747. The summed E-state index contributed by atoms with van der Waals surface area (Å²) in [7, 11) is 0. The predicted octanol–water partition coefficient (Wildman–Crippen LogP) is 2.18. The zero-order valence-corrected chi connectivity index (χ0v) is 16.4. The molecule has 4 unspecified atom stereocenters. The first-order valence-electron chi connectivity index (χ1n) is 10.2. The number of unbranched alkanes of at least 4 members (excludes halogenated alkanes) is 1. The van der Waals surface area contributed by atoms with Gasteiger partial charge < -0.3 is 5.73 Å².